The summed E-state index contributed by atoms with van der Waals surface area (Å²) < 4.78 is 53.1. The zero-order valence-electron chi connectivity index (χ0n) is 13.5. The first-order valence-corrected chi connectivity index (χ1v) is 8.07. The molecule has 0 aliphatic carbocycles. The van der Waals surface area contributed by atoms with E-state index in [1.54, 1.807) is 6.21 Å². The molecule has 0 heterocycles. The van der Waals surface area contributed by atoms with Gasteiger partial charge in [0.25, 0.3) is 0 Å². The van der Waals surface area contributed by atoms with Gasteiger partial charge < -0.3 is 0 Å². The molecule has 0 saturated carbocycles. The Balaban J connectivity index is 2.83. The lowest BCUT2D eigenvalue weighted by atomic mass is 9.82. The van der Waals surface area contributed by atoms with Crippen LogP contribution >= 0.6 is 0 Å². The minimum atomic E-state index is -4.33. The van der Waals surface area contributed by atoms with E-state index in [4.69, 9.17) is 0 Å². The number of alkyl halides is 3. The van der Waals surface area contributed by atoms with Gasteiger partial charge in [-0.15, -0.1) is 0 Å². The third-order valence-electron chi connectivity index (χ3n) is 3.29. The summed E-state index contributed by atoms with van der Waals surface area (Å²) in [6.45, 7) is 9.34. The molecule has 2 nitrogen and oxygen atoms in total. The molecule has 0 aliphatic heterocycles. The van der Waals surface area contributed by atoms with Gasteiger partial charge in [0.05, 0.1) is 10.3 Å². The van der Waals surface area contributed by atoms with E-state index in [0.29, 0.717) is 6.42 Å². The molecule has 1 atom stereocenters. The monoisotopic (exact) mass is 333 g/mol. The number of halogens is 3. The van der Waals surface area contributed by atoms with Crippen molar-refractivity contribution in [1.29, 1.82) is 0 Å². The normalized spacial score (nSPS) is 15.3. The van der Waals surface area contributed by atoms with E-state index in [1.165, 1.54) is 12.1 Å². The van der Waals surface area contributed by atoms with Crippen LogP contribution in [0.5, 0.6) is 0 Å². The highest BCUT2D eigenvalue weighted by molar-refractivity contribution is 7.85. The zero-order valence-corrected chi connectivity index (χ0v) is 14.3. The van der Waals surface area contributed by atoms with Gasteiger partial charge in [-0.2, -0.15) is 17.6 Å². The van der Waals surface area contributed by atoms with Gasteiger partial charge in [-0.1, -0.05) is 26.0 Å². The number of nitrogens with zero attached hydrogens (tertiary/aromatic N) is 1. The third-order valence-corrected chi connectivity index (χ3v) is 4.68. The predicted octanol–water partition coefficient (Wildman–Crippen LogP) is 4.91. The quantitative estimate of drug-likeness (QED) is 0.720. The van der Waals surface area contributed by atoms with Crippen molar-refractivity contribution in [2.45, 2.75) is 57.4 Å². The van der Waals surface area contributed by atoms with E-state index >= 15 is 0 Å². The SMILES string of the molecule is CC(C)(C/C=N/[S@](=O)C(C)(C)C)c1ccc(C(F)(F)F)cc1. The molecule has 0 aromatic heterocycles. The van der Waals surface area contributed by atoms with Crippen LogP contribution in [0.2, 0.25) is 0 Å². The van der Waals surface area contributed by atoms with Gasteiger partial charge in [-0.25, -0.2) is 4.21 Å². The smallest absolute Gasteiger partial charge is 0.234 e. The number of hydrogen-bond acceptors (Lipinski definition) is 1. The predicted molar refractivity (Wildman–Crippen MR) is 85.5 cm³/mol. The van der Waals surface area contributed by atoms with Crippen LogP contribution < -0.4 is 0 Å². The highest BCUT2D eigenvalue weighted by Gasteiger charge is 2.31. The van der Waals surface area contributed by atoms with Gasteiger partial charge in [0.1, 0.15) is 11.0 Å². The van der Waals surface area contributed by atoms with E-state index in [1.807, 2.05) is 34.6 Å². The molecule has 0 fully saturated rings. The van der Waals surface area contributed by atoms with Crippen LogP contribution in [-0.4, -0.2) is 15.2 Å². The Morgan fingerprint density at radius 2 is 1.45 bits per heavy atom. The third kappa shape index (κ3) is 5.23. The van der Waals surface area contributed by atoms with Gasteiger partial charge >= 0.3 is 6.18 Å². The van der Waals surface area contributed by atoms with E-state index < -0.39 is 27.5 Å². The van der Waals surface area contributed by atoms with Crippen molar-refractivity contribution in [3.63, 3.8) is 0 Å². The topological polar surface area (TPSA) is 29.4 Å². The molecule has 1 aromatic carbocycles. The lowest BCUT2D eigenvalue weighted by Crippen LogP contribution is -2.21. The lowest BCUT2D eigenvalue weighted by molar-refractivity contribution is -0.137. The van der Waals surface area contributed by atoms with Crippen LogP contribution in [0.3, 0.4) is 0 Å². The molecule has 1 aromatic rings. The number of rotatable bonds is 4. The minimum absolute atomic E-state index is 0.379. The molecular formula is C16H22F3NOS. The summed E-state index contributed by atoms with van der Waals surface area (Å²) in [5, 5.41) is 0. The molecule has 0 amide bonds. The fraction of sp³-hybridized carbons (Fsp3) is 0.562. The first-order chi connectivity index (χ1) is 9.84. The first-order valence-electron chi connectivity index (χ1n) is 6.96. The van der Waals surface area contributed by atoms with Gasteiger partial charge in [0.2, 0.25) is 0 Å². The molecule has 0 N–H and O–H groups in total. The Bertz CT molecular complexity index is 554. The number of hydrogen-bond donors (Lipinski definition) is 0. The van der Waals surface area contributed by atoms with Crippen LogP contribution in [0.4, 0.5) is 13.2 Å². The molecule has 0 saturated heterocycles. The van der Waals surface area contributed by atoms with Gasteiger partial charge in [-0.3, -0.25) is 0 Å². The maximum atomic E-state index is 12.6. The van der Waals surface area contributed by atoms with Gasteiger partial charge in [0.15, 0.2) is 0 Å². The molecule has 6 heteroatoms. The molecule has 0 radical (unpaired) electrons. The molecular weight excluding hydrogens is 311 g/mol. The van der Waals surface area contributed by atoms with Crippen molar-refractivity contribution >= 4 is 17.2 Å². The van der Waals surface area contributed by atoms with Crippen molar-refractivity contribution < 1.29 is 17.4 Å². The second-order valence-electron chi connectivity index (χ2n) is 6.81. The fourth-order valence-electron chi connectivity index (χ4n) is 1.72. The highest BCUT2D eigenvalue weighted by Crippen LogP contribution is 2.32. The van der Waals surface area contributed by atoms with Crippen molar-refractivity contribution in [3.05, 3.63) is 35.4 Å². The van der Waals surface area contributed by atoms with Gasteiger partial charge in [0, 0.05) is 6.21 Å². The van der Waals surface area contributed by atoms with Gasteiger partial charge in [-0.05, 0) is 50.3 Å². The van der Waals surface area contributed by atoms with Crippen LogP contribution in [0, 0.1) is 0 Å². The van der Waals surface area contributed by atoms with E-state index in [9.17, 15) is 17.4 Å². The maximum absolute atomic E-state index is 12.6. The molecule has 0 spiro atoms. The van der Waals surface area contributed by atoms with E-state index in [0.717, 1.165) is 17.7 Å². The Morgan fingerprint density at radius 1 is 1.00 bits per heavy atom. The first kappa shape index (κ1) is 18.9. The fourth-order valence-corrected chi connectivity index (χ4v) is 2.25. The molecule has 0 bridgehead atoms. The van der Waals surface area contributed by atoms with Crippen LogP contribution in [0.15, 0.2) is 28.7 Å². The second-order valence-corrected chi connectivity index (χ2v) is 8.75. The molecule has 0 aliphatic rings. The lowest BCUT2D eigenvalue weighted by Gasteiger charge is -2.24. The Hall–Kier alpha value is -1.17. The van der Waals surface area contributed by atoms with Crippen LogP contribution in [0.25, 0.3) is 0 Å². The summed E-state index contributed by atoms with van der Waals surface area (Å²) >= 11 is 0. The van der Waals surface area contributed by atoms with Crippen molar-refractivity contribution in [3.8, 4) is 0 Å². The van der Waals surface area contributed by atoms with Crippen molar-refractivity contribution in [1.82, 2.24) is 0 Å². The average molecular weight is 333 g/mol. The molecule has 0 unspecified atom stereocenters. The van der Waals surface area contributed by atoms with E-state index in [2.05, 4.69) is 4.40 Å². The Labute approximate surface area is 132 Å². The number of benzene rings is 1. The second kappa shape index (κ2) is 6.52. The zero-order chi connectivity index (χ0) is 17.2. The Morgan fingerprint density at radius 3 is 1.86 bits per heavy atom. The average Bonchev–Trinajstić information content (AvgIpc) is 2.36. The van der Waals surface area contributed by atoms with Crippen LogP contribution in [-0.2, 0) is 22.6 Å². The molecule has 124 valence electrons. The standard InChI is InChI=1S/C16H22F3NOS/c1-14(2,3)22(21)20-11-10-15(4,5)12-6-8-13(9-7-12)16(17,18)19/h6-9,11H,10H2,1-5H3/b20-11+/t22-/m1/s1. The summed E-state index contributed by atoms with van der Waals surface area (Å²) in [5.74, 6) is 0. The van der Waals surface area contributed by atoms with Crippen molar-refractivity contribution in [2.24, 2.45) is 4.40 Å². The minimum Gasteiger partial charge on any atom is -0.234 e. The van der Waals surface area contributed by atoms with Crippen LogP contribution in [0.1, 0.15) is 52.2 Å². The summed E-state index contributed by atoms with van der Waals surface area (Å²) in [6.07, 6.45) is -2.23. The Kier molecular flexibility index (Phi) is 5.60. The summed E-state index contributed by atoms with van der Waals surface area (Å²) in [5.41, 5.74) is -0.251. The summed E-state index contributed by atoms with van der Waals surface area (Å²) in [4.78, 5) is 0. The summed E-state index contributed by atoms with van der Waals surface area (Å²) in [7, 11) is -1.32. The van der Waals surface area contributed by atoms with E-state index in [-0.39, 0.29) is 5.41 Å². The molecule has 22 heavy (non-hydrogen) atoms. The highest BCUT2D eigenvalue weighted by atomic mass is 32.2. The van der Waals surface area contributed by atoms with Crippen molar-refractivity contribution in [2.75, 3.05) is 0 Å². The molecule has 1 rings (SSSR count). The maximum Gasteiger partial charge on any atom is 0.416 e. The largest absolute Gasteiger partial charge is 0.416 e. The summed E-state index contributed by atoms with van der Waals surface area (Å²) in [6, 6.07) is 5.14.